The number of aliphatic imine (C=N–C) groups is 1. The van der Waals surface area contributed by atoms with Crippen molar-refractivity contribution in [1.82, 2.24) is 20.4 Å². The summed E-state index contributed by atoms with van der Waals surface area (Å²) in [6.07, 6.45) is 6.43. The topological polar surface area (TPSA) is 42.9 Å². The first-order valence-corrected chi connectivity index (χ1v) is 10.2. The number of nitrogens with zero attached hydrogens (tertiary/aromatic N) is 3. The van der Waals surface area contributed by atoms with Crippen molar-refractivity contribution in [1.29, 1.82) is 0 Å². The van der Waals surface area contributed by atoms with E-state index < -0.39 is 0 Å². The molecule has 0 aromatic heterocycles. The van der Waals surface area contributed by atoms with Crippen molar-refractivity contribution >= 4 is 5.96 Å². The Labute approximate surface area is 149 Å². The Bertz CT molecular complexity index is 374. The number of nitrogens with one attached hydrogen (secondary N) is 2. The van der Waals surface area contributed by atoms with Gasteiger partial charge in [-0.05, 0) is 59.5 Å². The Morgan fingerprint density at radius 3 is 2.46 bits per heavy atom. The monoisotopic (exact) mass is 337 g/mol. The first-order valence-electron chi connectivity index (χ1n) is 10.2. The van der Waals surface area contributed by atoms with Crippen LogP contribution in [0.25, 0.3) is 0 Å². The summed E-state index contributed by atoms with van der Waals surface area (Å²) in [5.74, 6) is 1.02. The minimum Gasteiger partial charge on any atom is -0.357 e. The third kappa shape index (κ3) is 5.92. The molecule has 2 aliphatic rings. The predicted molar refractivity (Wildman–Crippen MR) is 104 cm³/mol. The highest BCUT2D eigenvalue weighted by molar-refractivity contribution is 5.80. The van der Waals surface area contributed by atoms with Gasteiger partial charge in [-0.15, -0.1) is 0 Å². The molecule has 5 heteroatoms. The van der Waals surface area contributed by atoms with Crippen LogP contribution in [0.1, 0.15) is 59.8 Å². The molecule has 24 heavy (non-hydrogen) atoms. The van der Waals surface area contributed by atoms with E-state index in [0.29, 0.717) is 18.1 Å². The lowest BCUT2D eigenvalue weighted by Gasteiger charge is -2.36. The van der Waals surface area contributed by atoms with E-state index in [1.54, 1.807) is 0 Å². The van der Waals surface area contributed by atoms with Crippen LogP contribution in [0.3, 0.4) is 0 Å². The molecule has 2 rings (SSSR count). The number of hydrogen-bond donors (Lipinski definition) is 2. The number of likely N-dealkylation sites (tertiary alicyclic amines) is 2. The van der Waals surface area contributed by atoms with Crippen molar-refractivity contribution in [2.24, 2.45) is 4.99 Å². The van der Waals surface area contributed by atoms with E-state index in [1.165, 1.54) is 51.7 Å². The van der Waals surface area contributed by atoms with Crippen LogP contribution < -0.4 is 10.6 Å². The fourth-order valence-electron chi connectivity index (χ4n) is 3.95. The number of guanidine groups is 1. The van der Waals surface area contributed by atoms with Crippen molar-refractivity contribution in [2.45, 2.75) is 77.9 Å². The molecule has 2 aliphatic heterocycles. The summed E-state index contributed by atoms with van der Waals surface area (Å²) in [5.41, 5.74) is 0. The molecule has 0 saturated carbocycles. The lowest BCUT2D eigenvalue weighted by Crippen LogP contribution is -2.50. The standard InChI is InChI=1S/C19H39N5/c1-5-20-19(21-15-18-9-7-8-12-23(18)6-2)22-17-10-13-24(14-11-17)16(3)4/h16-18H,5-15H2,1-4H3,(H2,20,21,22). The molecule has 1 unspecified atom stereocenters. The molecule has 0 bridgehead atoms. The van der Waals surface area contributed by atoms with Crippen molar-refractivity contribution in [3.05, 3.63) is 0 Å². The minimum absolute atomic E-state index is 0.562. The second-order valence-corrected chi connectivity index (χ2v) is 7.55. The van der Waals surface area contributed by atoms with Gasteiger partial charge in [-0.25, -0.2) is 0 Å². The molecule has 2 heterocycles. The zero-order valence-electron chi connectivity index (χ0n) is 16.4. The normalized spacial score (nSPS) is 25.2. The van der Waals surface area contributed by atoms with E-state index in [1.807, 2.05) is 0 Å². The van der Waals surface area contributed by atoms with Gasteiger partial charge < -0.3 is 15.5 Å². The summed E-state index contributed by atoms with van der Waals surface area (Å²) in [6.45, 7) is 15.7. The van der Waals surface area contributed by atoms with Gasteiger partial charge in [0, 0.05) is 37.8 Å². The second-order valence-electron chi connectivity index (χ2n) is 7.55. The van der Waals surface area contributed by atoms with E-state index >= 15 is 0 Å². The molecule has 0 aromatic carbocycles. The van der Waals surface area contributed by atoms with Crippen molar-refractivity contribution < 1.29 is 0 Å². The van der Waals surface area contributed by atoms with Gasteiger partial charge in [-0.3, -0.25) is 9.89 Å². The Kier molecular flexibility index (Phi) is 8.33. The molecule has 2 fully saturated rings. The quantitative estimate of drug-likeness (QED) is 0.576. The van der Waals surface area contributed by atoms with Gasteiger partial charge in [0.05, 0.1) is 6.54 Å². The fraction of sp³-hybridized carbons (Fsp3) is 0.947. The molecule has 0 aromatic rings. The fourth-order valence-corrected chi connectivity index (χ4v) is 3.95. The van der Waals surface area contributed by atoms with Crippen molar-refractivity contribution in [2.75, 3.05) is 39.3 Å². The third-order valence-electron chi connectivity index (χ3n) is 5.56. The molecule has 5 nitrogen and oxygen atoms in total. The van der Waals surface area contributed by atoms with Gasteiger partial charge in [0.1, 0.15) is 0 Å². The zero-order valence-corrected chi connectivity index (χ0v) is 16.4. The smallest absolute Gasteiger partial charge is 0.191 e. The number of hydrogen-bond acceptors (Lipinski definition) is 3. The van der Waals surface area contributed by atoms with Crippen LogP contribution in [-0.4, -0.2) is 73.2 Å². The van der Waals surface area contributed by atoms with E-state index in [-0.39, 0.29) is 0 Å². The molecule has 2 saturated heterocycles. The first kappa shape index (κ1) is 19.5. The number of piperidine rings is 2. The second kappa shape index (κ2) is 10.2. The molecule has 0 radical (unpaired) electrons. The van der Waals surface area contributed by atoms with E-state index in [4.69, 9.17) is 4.99 Å². The Hall–Kier alpha value is -0.810. The maximum absolute atomic E-state index is 4.92. The SMILES string of the molecule is CCNC(=NCC1CCCCN1CC)NC1CCN(C(C)C)CC1. The van der Waals surface area contributed by atoms with Gasteiger partial charge in [0.15, 0.2) is 5.96 Å². The lowest BCUT2D eigenvalue weighted by molar-refractivity contribution is 0.161. The van der Waals surface area contributed by atoms with Gasteiger partial charge in [0.25, 0.3) is 0 Å². The number of likely N-dealkylation sites (N-methyl/N-ethyl adjacent to an activating group) is 1. The van der Waals surface area contributed by atoms with Crippen LogP contribution in [0.15, 0.2) is 4.99 Å². The van der Waals surface area contributed by atoms with E-state index in [0.717, 1.165) is 25.6 Å². The van der Waals surface area contributed by atoms with E-state index in [9.17, 15) is 0 Å². The lowest BCUT2D eigenvalue weighted by atomic mass is 10.0. The van der Waals surface area contributed by atoms with Gasteiger partial charge in [0.2, 0.25) is 0 Å². The molecule has 0 spiro atoms. The Morgan fingerprint density at radius 2 is 1.83 bits per heavy atom. The van der Waals surface area contributed by atoms with Gasteiger partial charge in [-0.2, -0.15) is 0 Å². The van der Waals surface area contributed by atoms with Crippen LogP contribution >= 0.6 is 0 Å². The molecule has 1 atom stereocenters. The molecule has 0 amide bonds. The first-order chi connectivity index (χ1) is 11.6. The van der Waals surface area contributed by atoms with E-state index in [2.05, 4.69) is 48.1 Å². The zero-order chi connectivity index (χ0) is 17.4. The molecule has 2 N–H and O–H groups in total. The maximum atomic E-state index is 4.92. The average Bonchev–Trinajstić information content (AvgIpc) is 2.60. The third-order valence-corrected chi connectivity index (χ3v) is 5.56. The average molecular weight is 338 g/mol. The Morgan fingerprint density at radius 1 is 1.08 bits per heavy atom. The summed E-state index contributed by atoms with van der Waals surface area (Å²) in [5, 5.41) is 7.13. The summed E-state index contributed by atoms with van der Waals surface area (Å²) in [4.78, 5) is 10.1. The highest BCUT2D eigenvalue weighted by Crippen LogP contribution is 2.17. The van der Waals surface area contributed by atoms with Gasteiger partial charge >= 0.3 is 0 Å². The molecular formula is C19H39N5. The molecule has 140 valence electrons. The maximum Gasteiger partial charge on any atom is 0.191 e. The Balaban J connectivity index is 1.84. The van der Waals surface area contributed by atoms with Crippen LogP contribution in [0.2, 0.25) is 0 Å². The predicted octanol–water partition coefficient (Wildman–Crippen LogP) is 2.29. The minimum atomic E-state index is 0.562. The molecule has 0 aliphatic carbocycles. The number of rotatable bonds is 6. The largest absolute Gasteiger partial charge is 0.357 e. The molecular weight excluding hydrogens is 298 g/mol. The summed E-state index contributed by atoms with van der Waals surface area (Å²) in [6, 6.07) is 1.85. The van der Waals surface area contributed by atoms with Crippen LogP contribution in [-0.2, 0) is 0 Å². The van der Waals surface area contributed by atoms with Crippen LogP contribution in [0, 0.1) is 0 Å². The van der Waals surface area contributed by atoms with Gasteiger partial charge in [-0.1, -0.05) is 13.3 Å². The van der Waals surface area contributed by atoms with Crippen LogP contribution in [0.4, 0.5) is 0 Å². The van der Waals surface area contributed by atoms with Crippen molar-refractivity contribution in [3.8, 4) is 0 Å². The van der Waals surface area contributed by atoms with Crippen molar-refractivity contribution in [3.63, 3.8) is 0 Å². The highest BCUT2D eigenvalue weighted by atomic mass is 15.2. The highest BCUT2D eigenvalue weighted by Gasteiger charge is 2.23. The summed E-state index contributed by atoms with van der Waals surface area (Å²) >= 11 is 0. The summed E-state index contributed by atoms with van der Waals surface area (Å²) in [7, 11) is 0. The van der Waals surface area contributed by atoms with Crippen LogP contribution in [0.5, 0.6) is 0 Å². The summed E-state index contributed by atoms with van der Waals surface area (Å²) < 4.78 is 0.